The van der Waals surface area contributed by atoms with Crippen LogP contribution in [-0.2, 0) is 19.8 Å². The SMILES string of the molecule is Cc1ccccc1N1C(=O)[C@@H]2[C@@H](C1=O)C1c3ccccc3C2(C=O)c2ccccc21. The summed E-state index contributed by atoms with van der Waals surface area (Å²) in [5.41, 5.74) is 4.01. The van der Waals surface area contributed by atoms with E-state index in [2.05, 4.69) is 0 Å². The largest absolute Gasteiger partial charge is 0.302 e. The lowest BCUT2D eigenvalue weighted by Crippen LogP contribution is -2.54. The van der Waals surface area contributed by atoms with Crippen molar-refractivity contribution < 1.29 is 14.4 Å². The normalized spacial score (nSPS) is 28.2. The number of amides is 2. The topological polar surface area (TPSA) is 54.5 Å². The van der Waals surface area contributed by atoms with E-state index < -0.39 is 17.3 Å². The van der Waals surface area contributed by atoms with Gasteiger partial charge < -0.3 is 4.79 Å². The van der Waals surface area contributed by atoms with E-state index in [1.165, 1.54) is 4.90 Å². The number of carbonyl (C=O) groups excluding carboxylic acids is 3. The number of para-hydroxylation sites is 1. The standard InChI is InChI=1S/C26H19NO3/c1-15-8-2-7-13-20(15)27-24(29)22-21-16-9-3-5-11-18(16)26(14-28,23(22)25(27)30)19-12-6-4-10-17(19)21/h2-14,21-23H,1H3/t21?,22-,23-,26?/m0/s1. The van der Waals surface area contributed by atoms with Gasteiger partial charge in [-0.2, -0.15) is 0 Å². The van der Waals surface area contributed by atoms with Crippen LogP contribution in [0.2, 0.25) is 0 Å². The van der Waals surface area contributed by atoms with Crippen molar-refractivity contribution in [1.29, 1.82) is 0 Å². The summed E-state index contributed by atoms with van der Waals surface area (Å²) in [6.45, 7) is 1.89. The Kier molecular flexibility index (Phi) is 3.33. The summed E-state index contributed by atoms with van der Waals surface area (Å²) >= 11 is 0. The average Bonchev–Trinajstić information content (AvgIpc) is 3.05. The lowest BCUT2D eigenvalue weighted by molar-refractivity contribution is -0.128. The Morgan fingerprint density at radius 2 is 1.37 bits per heavy atom. The van der Waals surface area contributed by atoms with Crippen molar-refractivity contribution in [3.8, 4) is 0 Å². The lowest BCUT2D eigenvalue weighted by atomic mass is 9.48. The third-order valence-electron chi connectivity index (χ3n) is 7.23. The first-order valence-electron chi connectivity index (χ1n) is 10.2. The molecule has 0 radical (unpaired) electrons. The second kappa shape index (κ2) is 5.76. The van der Waals surface area contributed by atoms with Crippen LogP contribution in [0.4, 0.5) is 5.69 Å². The van der Waals surface area contributed by atoms with Gasteiger partial charge in [-0.05, 0) is 40.8 Å². The predicted octanol–water partition coefficient (Wildman–Crippen LogP) is 3.74. The average molecular weight is 393 g/mol. The number of anilines is 1. The van der Waals surface area contributed by atoms with E-state index in [9.17, 15) is 14.4 Å². The number of imide groups is 1. The number of aldehydes is 1. The Morgan fingerprint density at radius 3 is 1.97 bits per heavy atom. The van der Waals surface area contributed by atoms with E-state index in [1.807, 2.05) is 73.7 Å². The lowest BCUT2D eigenvalue weighted by Gasteiger charge is -2.51. The maximum absolute atomic E-state index is 13.8. The van der Waals surface area contributed by atoms with Gasteiger partial charge in [0.15, 0.2) is 0 Å². The van der Waals surface area contributed by atoms with Crippen LogP contribution in [0.15, 0.2) is 72.8 Å². The molecule has 3 aromatic carbocycles. The van der Waals surface area contributed by atoms with Gasteiger partial charge in [-0.1, -0.05) is 66.7 Å². The van der Waals surface area contributed by atoms with Crippen molar-refractivity contribution in [2.45, 2.75) is 18.3 Å². The monoisotopic (exact) mass is 393 g/mol. The number of hydrogen-bond donors (Lipinski definition) is 0. The third-order valence-corrected chi connectivity index (χ3v) is 7.23. The summed E-state index contributed by atoms with van der Waals surface area (Å²) in [6, 6.07) is 23.0. The van der Waals surface area contributed by atoms with Crippen LogP contribution in [0.3, 0.4) is 0 Å². The van der Waals surface area contributed by atoms with Crippen LogP contribution in [-0.4, -0.2) is 18.1 Å². The molecular formula is C26H19NO3. The molecule has 3 aromatic rings. The predicted molar refractivity (Wildman–Crippen MR) is 112 cm³/mol. The number of rotatable bonds is 2. The minimum atomic E-state index is -1.14. The summed E-state index contributed by atoms with van der Waals surface area (Å²) < 4.78 is 0. The van der Waals surface area contributed by atoms with Crippen molar-refractivity contribution in [1.82, 2.24) is 0 Å². The molecule has 4 nitrogen and oxygen atoms in total. The maximum Gasteiger partial charge on any atom is 0.239 e. The third kappa shape index (κ3) is 1.80. The highest BCUT2D eigenvalue weighted by Gasteiger charge is 2.68. The van der Waals surface area contributed by atoms with Crippen LogP contribution in [0.25, 0.3) is 0 Å². The highest BCUT2D eigenvalue weighted by Crippen LogP contribution is 2.63. The van der Waals surface area contributed by atoms with E-state index in [1.54, 1.807) is 6.07 Å². The molecule has 0 unspecified atom stereocenters. The minimum Gasteiger partial charge on any atom is -0.302 e. The van der Waals surface area contributed by atoms with Crippen LogP contribution in [0.5, 0.6) is 0 Å². The molecule has 1 heterocycles. The summed E-state index contributed by atoms with van der Waals surface area (Å²) in [7, 11) is 0. The number of aryl methyl sites for hydroxylation is 1. The molecule has 7 rings (SSSR count). The number of carbonyl (C=O) groups is 3. The van der Waals surface area contributed by atoms with Gasteiger partial charge in [0, 0.05) is 5.92 Å². The van der Waals surface area contributed by atoms with Gasteiger partial charge in [-0.25, -0.2) is 4.90 Å². The highest BCUT2D eigenvalue weighted by molar-refractivity contribution is 6.25. The zero-order valence-electron chi connectivity index (χ0n) is 16.4. The van der Waals surface area contributed by atoms with Crippen LogP contribution >= 0.6 is 0 Å². The summed E-state index contributed by atoms with van der Waals surface area (Å²) in [5.74, 6) is -2.02. The van der Waals surface area contributed by atoms with Gasteiger partial charge in [0.25, 0.3) is 0 Å². The van der Waals surface area contributed by atoms with Gasteiger partial charge in [0.1, 0.15) is 6.29 Å². The molecule has 2 bridgehead atoms. The van der Waals surface area contributed by atoms with Crippen molar-refractivity contribution >= 4 is 23.8 Å². The number of benzene rings is 3. The molecule has 0 saturated carbocycles. The van der Waals surface area contributed by atoms with Gasteiger partial charge in [-0.15, -0.1) is 0 Å². The van der Waals surface area contributed by atoms with Crippen LogP contribution in [0, 0.1) is 18.8 Å². The van der Waals surface area contributed by atoms with E-state index in [4.69, 9.17) is 0 Å². The molecule has 0 aromatic heterocycles. The second-order valence-corrected chi connectivity index (χ2v) is 8.44. The first-order chi connectivity index (χ1) is 14.6. The Hall–Kier alpha value is -3.53. The minimum absolute atomic E-state index is 0.209. The van der Waals surface area contributed by atoms with Gasteiger partial charge in [0.05, 0.1) is 22.9 Å². The van der Waals surface area contributed by atoms with Crippen molar-refractivity contribution in [2.24, 2.45) is 11.8 Å². The number of nitrogens with zero attached hydrogens (tertiary/aromatic N) is 1. The summed E-state index contributed by atoms with van der Waals surface area (Å²) in [4.78, 5) is 41.8. The van der Waals surface area contributed by atoms with E-state index in [-0.39, 0.29) is 17.7 Å². The van der Waals surface area contributed by atoms with E-state index >= 15 is 0 Å². The molecule has 1 fully saturated rings. The molecule has 0 N–H and O–H groups in total. The van der Waals surface area contributed by atoms with Gasteiger partial charge in [-0.3, -0.25) is 9.59 Å². The van der Waals surface area contributed by atoms with E-state index in [0.717, 1.165) is 34.1 Å². The van der Waals surface area contributed by atoms with Crippen LogP contribution in [0.1, 0.15) is 33.7 Å². The smallest absolute Gasteiger partial charge is 0.239 e. The Bertz CT molecular complexity index is 1210. The Balaban J connectivity index is 1.67. The molecule has 30 heavy (non-hydrogen) atoms. The summed E-state index contributed by atoms with van der Waals surface area (Å²) in [6.07, 6.45) is 0.907. The quantitative estimate of drug-likeness (QED) is 0.492. The molecule has 3 aliphatic carbocycles. The molecular weight excluding hydrogens is 374 g/mol. The molecule has 146 valence electrons. The molecule has 4 aliphatic rings. The molecule has 4 heteroatoms. The fraction of sp³-hybridized carbons (Fsp3) is 0.192. The highest BCUT2D eigenvalue weighted by atomic mass is 16.2. The van der Waals surface area contributed by atoms with E-state index in [0.29, 0.717) is 5.69 Å². The second-order valence-electron chi connectivity index (χ2n) is 8.44. The van der Waals surface area contributed by atoms with Gasteiger partial charge in [0.2, 0.25) is 11.8 Å². The summed E-state index contributed by atoms with van der Waals surface area (Å²) in [5, 5.41) is 0. The molecule has 0 spiro atoms. The fourth-order valence-electron chi connectivity index (χ4n) is 6.08. The number of hydrogen-bond acceptors (Lipinski definition) is 3. The Morgan fingerprint density at radius 1 is 0.800 bits per heavy atom. The molecule has 1 aliphatic heterocycles. The fourth-order valence-corrected chi connectivity index (χ4v) is 6.08. The van der Waals surface area contributed by atoms with Crippen molar-refractivity contribution in [3.63, 3.8) is 0 Å². The molecule has 2 amide bonds. The van der Waals surface area contributed by atoms with Crippen molar-refractivity contribution in [2.75, 3.05) is 4.90 Å². The van der Waals surface area contributed by atoms with Gasteiger partial charge >= 0.3 is 0 Å². The van der Waals surface area contributed by atoms with Crippen LogP contribution < -0.4 is 4.90 Å². The molecule has 2 atom stereocenters. The zero-order chi connectivity index (χ0) is 20.6. The Labute approximate surface area is 174 Å². The first kappa shape index (κ1) is 17.3. The first-order valence-corrected chi connectivity index (χ1v) is 10.2. The van der Waals surface area contributed by atoms with Crippen molar-refractivity contribution in [3.05, 3.63) is 101 Å². The zero-order valence-corrected chi connectivity index (χ0v) is 16.4. The molecule has 1 saturated heterocycles. The maximum atomic E-state index is 13.8.